The standard InChI is InChI=1S/C12H9ClFN4/c13-9-3-10(14)5-11(4-9)17-18-6-8-1-2-15-12(8)16-7-18/h1-7,15,17H. The number of hydrazine groups is 1. The van der Waals surface area contributed by atoms with Crippen LogP contribution >= 0.6 is 11.6 Å². The van der Waals surface area contributed by atoms with Crippen LogP contribution in [0.1, 0.15) is 5.56 Å². The fourth-order valence-electron chi connectivity index (χ4n) is 1.72. The van der Waals surface area contributed by atoms with E-state index in [2.05, 4.69) is 15.4 Å². The van der Waals surface area contributed by atoms with Crippen molar-refractivity contribution in [3.05, 3.63) is 53.4 Å². The van der Waals surface area contributed by atoms with E-state index in [1.807, 2.05) is 12.6 Å². The van der Waals surface area contributed by atoms with Crippen LogP contribution in [-0.2, 0) is 0 Å². The van der Waals surface area contributed by atoms with Crippen molar-refractivity contribution in [1.29, 1.82) is 0 Å². The van der Waals surface area contributed by atoms with Crippen LogP contribution in [0.5, 0.6) is 0 Å². The first kappa shape index (κ1) is 11.1. The summed E-state index contributed by atoms with van der Waals surface area (Å²) >= 11 is 5.78. The third kappa shape index (κ3) is 2.17. The molecule has 0 saturated heterocycles. The van der Waals surface area contributed by atoms with E-state index in [0.29, 0.717) is 10.7 Å². The monoisotopic (exact) mass is 263 g/mol. The molecule has 3 rings (SSSR count). The molecule has 4 nitrogen and oxygen atoms in total. The molecule has 2 N–H and O–H groups in total. The molecule has 1 aliphatic heterocycles. The lowest BCUT2D eigenvalue weighted by molar-refractivity contribution is 0.614. The predicted octanol–water partition coefficient (Wildman–Crippen LogP) is 3.32. The van der Waals surface area contributed by atoms with Gasteiger partial charge >= 0.3 is 0 Å². The average Bonchev–Trinajstić information content (AvgIpc) is 2.74. The Labute approximate surface area is 108 Å². The van der Waals surface area contributed by atoms with Gasteiger partial charge in [0, 0.05) is 16.8 Å². The minimum absolute atomic E-state index is 0.341. The molecule has 18 heavy (non-hydrogen) atoms. The van der Waals surface area contributed by atoms with Crippen molar-refractivity contribution in [1.82, 2.24) is 9.99 Å². The number of aromatic nitrogens is 1. The largest absolute Gasteiger partial charge is 0.346 e. The van der Waals surface area contributed by atoms with Crippen LogP contribution in [0.2, 0.25) is 5.02 Å². The molecular weight excluding hydrogens is 255 g/mol. The number of aliphatic imine (C=N–C) groups is 1. The highest BCUT2D eigenvalue weighted by atomic mass is 35.5. The first-order valence-corrected chi connectivity index (χ1v) is 5.66. The van der Waals surface area contributed by atoms with Crippen LogP contribution < -0.4 is 5.43 Å². The summed E-state index contributed by atoms with van der Waals surface area (Å²) in [5, 5.41) is 1.98. The van der Waals surface area contributed by atoms with Crippen LogP contribution in [-0.4, -0.2) is 16.3 Å². The zero-order valence-corrected chi connectivity index (χ0v) is 9.95. The number of aromatic amines is 1. The van der Waals surface area contributed by atoms with Gasteiger partial charge in [-0.15, -0.1) is 0 Å². The predicted molar refractivity (Wildman–Crippen MR) is 69.2 cm³/mol. The van der Waals surface area contributed by atoms with Crippen LogP contribution in [0, 0.1) is 12.4 Å². The molecule has 1 aromatic carbocycles. The highest BCUT2D eigenvalue weighted by molar-refractivity contribution is 6.30. The summed E-state index contributed by atoms with van der Waals surface area (Å²) in [5.41, 5.74) is 4.49. The van der Waals surface area contributed by atoms with Crippen LogP contribution in [0.4, 0.5) is 15.9 Å². The van der Waals surface area contributed by atoms with E-state index < -0.39 is 0 Å². The average molecular weight is 264 g/mol. The van der Waals surface area contributed by atoms with E-state index in [9.17, 15) is 4.39 Å². The van der Waals surface area contributed by atoms with Crippen molar-refractivity contribution < 1.29 is 4.39 Å². The van der Waals surface area contributed by atoms with Gasteiger partial charge in [-0.2, -0.15) is 0 Å². The number of nitrogens with one attached hydrogen (secondary N) is 2. The first-order valence-electron chi connectivity index (χ1n) is 5.28. The molecule has 1 radical (unpaired) electrons. The zero-order valence-electron chi connectivity index (χ0n) is 9.19. The van der Waals surface area contributed by atoms with E-state index >= 15 is 0 Å². The Bertz CT molecular complexity index is 588. The number of anilines is 1. The number of hydrogen-bond acceptors (Lipinski definition) is 3. The van der Waals surface area contributed by atoms with E-state index in [-0.39, 0.29) is 5.82 Å². The van der Waals surface area contributed by atoms with Crippen LogP contribution in [0.25, 0.3) is 0 Å². The Morgan fingerprint density at radius 2 is 2.22 bits per heavy atom. The van der Waals surface area contributed by atoms with Crippen molar-refractivity contribution in [2.75, 3.05) is 5.43 Å². The Kier molecular flexibility index (Phi) is 2.68. The van der Waals surface area contributed by atoms with E-state index in [4.69, 9.17) is 11.6 Å². The van der Waals surface area contributed by atoms with Crippen LogP contribution in [0.15, 0.2) is 35.5 Å². The lowest BCUT2D eigenvalue weighted by Gasteiger charge is -2.23. The van der Waals surface area contributed by atoms with Gasteiger partial charge in [0.1, 0.15) is 24.5 Å². The Hall–Kier alpha value is -2.01. The van der Waals surface area contributed by atoms with Gasteiger partial charge in [0.15, 0.2) is 0 Å². The number of halogens is 2. The minimum Gasteiger partial charge on any atom is -0.346 e. The lowest BCUT2D eigenvalue weighted by Crippen LogP contribution is -2.27. The molecule has 0 aliphatic carbocycles. The molecule has 1 aromatic heterocycles. The number of hydrogen-bond donors (Lipinski definition) is 2. The van der Waals surface area contributed by atoms with E-state index in [0.717, 1.165) is 11.4 Å². The molecule has 0 fully saturated rings. The smallest absolute Gasteiger partial charge is 0.137 e. The van der Waals surface area contributed by atoms with Gasteiger partial charge in [0.05, 0.1) is 5.69 Å². The van der Waals surface area contributed by atoms with Gasteiger partial charge < -0.3 is 4.98 Å². The Morgan fingerprint density at radius 1 is 1.33 bits per heavy atom. The molecule has 0 bridgehead atoms. The summed E-state index contributed by atoms with van der Waals surface area (Å²) in [7, 11) is 0. The lowest BCUT2D eigenvalue weighted by atomic mass is 10.3. The second kappa shape index (κ2) is 4.34. The molecule has 6 heteroatoms. The van der Waals surface area contributed by atoms with Gasteiger partial charge in [-0.25, -0.2) is 9.38 Å². The summed E-state index contributed by atoms with van der Waals surface area (Å²) in [6, 6.07) is 6.16. The van der Waals surface area contributed by atoms with E-state index in [1.165, 1.54) is 12.1 Å². The second-order valence-electron chi connectivity index (χ2n) is 3.83. The van der Waals surface area contributed by atoms with Crippen molar-refractivity contribution in [3.8, 4) is 0 Å². The summed E-state index contributed by atoms with van der Waals surface area (Å²) in [6.07, 6.45) is 3.40. The number of rotatable bonds is 2. The van der Waals surface area contributed by atoms with Crippen molar-refractivity contribution in [3.63, 3.8) is 0 Å². The zero-order chi connectivity index (χ0) is 12.5. The molecule has 0 amide bonds. The van der Waals surface area contributed by atoms with Gasteiger partial charge in [-0.1, -0.05) is 11.6 Å². The summed E-state index contributed by atoms with van der Waals surface area (Å²) in [6.45, 7) is 1.84. The topological polar surface area (TPSA) is 43.4 Å². The second-order valence-corrected chi connectivity index (χ2v) is 4.27. The molecule has 0 atom stereocenters. The molecule has 91 valence electrons. The fourth-order valence-corrected chi connectivity index (χ4v) is 1.94. The van der Waals surface area contributed by atoms with Gasteiger partial charge in [0.25, 0.3) is 0 Å². The number of fused-ring (bicyclic) bond motifs is 1. The fraction of sp³-hybridized carbons (Fsp3) is 0. The minimum atomic E-state index is -0.388. The molecule has 2 aromatic rings. The molecule has 0 saturated carbocycles. The molecule has 0 unspecified atom stereocenters. The molecule has 2 heterocycles. The summed E-state index contributed by atoms with van der Waals surface area (Å²) < 4.78 is 13.2. The van der Waals surface area contributed by atoms with Crippen molar-refractivity contribution >= 4 is 29.4 Å². The van der Waals surface area contributed by atoms with Gasteiger partial charge in [-0.05, 0) is 24.3 Å². The quantitative estimate of drug-likeness (QED) is 0.873. The maximum atomic E-state index is 13.2. The van der Waals surface area contributed by atoms with Crippen molar-refractivity contribution in [2.24, 2.45) is 4.99 Å². The van der Waals surface area contributed by atoms with E-state index in [1.54, 1.807) is 23.6 Å². The summed E-state index contributed by atoms with van der Waals surface area (Å²) in [4.78, 5) is 7.20. The highest BCUT2D eigenvalue weighted by Crippen LogP contribution is 2.24. The third-order valence-electron chi connectivity index (χ3n) is 2.47. The molecule has 1 aliphatic rings. The normalized spacial score (nSPS) is 13.6. The molecule has 0 spiro atoms. The Morgan fingerprint density at radius 3 is 3.06 bits per heavy atom. The van der Waals surface area contributed by atoms with Crippen molar-refractivity contribution in [2.45, 2.75) is 0 Å². The molecular formula is C12H9ClFN4. The first-order chi connectivity index (χ1) is 8.70. The highest BCUT2D eigenvalue weighted by Gasteiger charge is 2.13. The number of benzene rings is 1. The maximum absolute atomic E-state index is 13.2. The SMILES string of the molecule is Fc1cc(Cl)cc(NN2[CH]c3cc[nH]c3N=C2)c1. The maximum Gasteiger partial charge on any atom is 0.137 e. The Balaban J connectivity index is 1.78. The number of H-pyrrole nitrogens is 1. The van der Waals surface area contributed by atoms with Gasteiger partial charge in [0.2, 0.25) is 0 Å². The third-order valence-corrected chi connectivity index (χ3v) is 2.68. The van der Waals surface area contributed by atoms with Gasteiger partial charge in [-0.3, -0.25) is 10.4 Å². The van der Waals surface area contributed by atoms with Crippen LogP contribution in [0.3, 0.4) is 0 Å². The number of nitrogens with zero attached hydrogens (tertiary/aromatic N) is 2. The summed E-state index contributed by atoms with van der Waals surface area (Å²) in [5.74, 6) is 0.409.